The zero-order valence-electron chi connectivity index (χ0n) is 8.82. The number of rotatable bonds is 3. The molecule has 1 N–H and O–H groups in total. The molecule has 0 bridgehead atoms. The monoisotopic (exact) mass is 215 g/mol. The third-order valence-corrected chi connectivity index (χ3v) is 3.03. The molecule has 0 saturated carbocycles. The minimum atomic E-state index is 0.270. The van der Waals surface area contributed by atoms with E-state index in [0.717, 1.165) is 13.1 Å². The molecule has 1 unspecified atom stereocenters. The summed E-state index contributed by atoms with van der Waals surface area (Å²) >= 11 is 0. The third-order valence-electron chi connectivity index (χ3n) is 3.03. The van der Waals surface area contributed by atoms with Crippen LogP contribution in [0, 0.1) is 5.92 Å². The van der Waals surface area contributed by atoms with Crippen LogP contribution >= 0.6 is 0 Å². The molecule has 82 valence electrons. The van der Waals surface area contributed by atoms with Crippen molar-refractivity contribution in [2.45, 2.75) is 6.04 Å². The maximum absolute atomic E-state index is 4.11. The summed E-state index contributed by atoms with van der Waals surface area (Å²) in [6, 6.07) is 4.36. The fourth-order valence-electron chi connectivity index (χ4n) is 2.10. The van der Waals surface area contributed by atoms with Crippen molar-refractivity contribution in [2.75, 3.05) is 13.1 Å². The van der Waals surface area contributed by atoms with Crippen LogP contribution in [0.3, 0.4) is 0 Å². The highest BCUT2D eigenvalue weighted by Gasteiger charge is 2.30. The molecule has 5 heteroatoms. The van der Waals surface area contributed by atoms with Gasteiger partial charge in [0.2, 0.25) is 0 Å². The molecule has 1 aliphatic rings. The molecule has 0 spiro atoms. The highest BCUT2D eigenvalue weighted by molar-refractivity contribution is 5.18. The molecule has 1 atom stereocenters. The molecule has 0 aliphatic carbocycles. The Hall–Kier alpha value is -1.75. The van der Waals surface area contributed by atoms with Crippen LogP contribution in [-0.4, -0.2) is 33.1 Å². The van der Waals surface area contributed by atoms with Crippen LogP contribution in [-0.2, 0) is 0 Å². The van der Waals surface area contributed by atoms with Crippen LogP contribution in [0.2, 0.25) is 0 Å². The predicted molar refractivity (Wildman–Crippen MR) is 58.8 cm³/mol. The molecule has 2 aromatic heterocycles. The van der Waals surface area contributed by atoms with Crippen molar-refractivity contribution in [3.05, 3.63) is 42.5 Å². The van der Waals surface area contributed by atoms with E-state index < -0.39 is 0 Å². The second kappa shape index (κ2) is 4.02. The summed E-state index contributed by atoms with van der Waals surface area (Å²) in [5, 5.41) is 11.3. The van der Waals surface area contributed by atoms with Gasteiger partial charge in [-0.25, -0.2) is 4.68 Å². The van der Waals surface area contributed by atoms with E-state index >= 15 is 0 Å². The van der Waals surface area contributed by atoms with Gasteiger partial charge in [0, 0.05) is 37.6 Å². The average Bonchev–Trinajstić information content (AvgIpc) is 2.77. The maximum Gasteiger partial charge on any atom is 0.0839 e. The summed E-state index contributed by atoms with van der Waals surface area (Å²) in [5.41, 5.74) is 1.24. The van der Waals surface area contributed by atoms with Gasteiger partial charge in [-0.05, 0) is 17.7 Å². The predicted octanol–water partition coefficient (Wildman–Crippen LogP) is 0.482. The largest absolute Gasteiger partial charge is 0.316 e. The Morgan fingerprint density at radius 1 is 1.25 bits per heavy atom. The van der Waals surface area contributed by atoms with Gasteiger partial charge >= 0.3 is 0 Å². The topological polar surface area (TPSA) is 55.6 Å². The number of hydrogen-bond donors (Lipinski definition) is 1. The molecule has 1 saturated heterocycles. The van der Waals surface area contributed by atoms with Gasteiger partial charge in [-0.3, -0.25) is 4.98 Å². The summed E-state index contributed by atoms with van der Waals surface area (Å²) in [5.74, 6) is 0.587. The van der Waals surface area contributed by atoms with Crippen molar-refractivity contribution in [3.8, 4) is 0 Å². The highest BCUT2D eigenvalue weighted by Crippen LogP contribution is 2.27. The van der Waals surface area contributed by atoms with Crippen molar-refractivity contribution >= 4 is 0 Å². The first-order valence-corrected chi connectivity index (χ1v) is 5.41. The average molecular weight is 215 g/mol. The van der Waals surface area contributed by atoms with Gasteiger partial charge in [0.15, 0.2) is 0 Å². The van der Waals surface area contributed by atoms with E-state index in [1.807, 2.05) is 35.4 Å². The first-order chi connectivity index (χ1) is 7.95. The Labute approximate surface area is 93.5 Å². The molecule has 3 rings (SSSR count). The Morgan fingerprint density at radius 2 is 2.06 bits per heavy atom. The van der Waals surface area contributed by atoms with E-state index in [-0.39, 0.29) is 6.04 Å². The lowest BCUT2D eigenvalue weighted by atomic mass is 9.89. The standard InChI is InChI=1S/C11H13N5/c1-3-12-4-2-9(1)11(10-7-13-8-10)16-6-5-14-15-16/h1-6,10-11,13H,7-8H2. The maximum atomic E-state index is 4.11. The normalized spacial score (nSPS) is 18.0. The summed E-state index contributed by atoms with van der Waals surface area (Å²) in [6.07, 6.45) is 7.29. The minimum Gasteiger partial charge on any atom is -0.316 e. The summed E-state index contributed by atoms with van der Waals surface area (Å²) in [4.78, 5) is 4.05. The number of pyridine rings is 1. The third kappa shape index (κ3) is 1.59. The van der Waals surface area contributed by atoms with Crippen LogP contribution in [0.1, 0.15) is 11.6 Å². The van der Waals surface area contributed by atoms with Crippen LogP contribution in [0.15, 0.2) is 36.9 Å². The molecule has 2 aromatic rings. The number of hydrogen-bond acceptors (Lipinski definition) is 4. The smallest absolute Gasteiger partial charge is 0.0839 e. The van der Waals surface area contributed by atoms with Gasteiger partial charge in [0.25, 0.3) is 0 Å². The van der Waals surface area contributed by atoms with E-state index in [2.05, 4.69) is 20.6 Å². The van der Waals surface area contributed by atoms with Gasteiger partial charge in [-0.1, -0.05) is 5.21 Å². The zero-order chi connectivity index (χ0) is 10.8. The number of nitrogens with one attached hydrogen (secondary N) is 1. The van der Waals surface area contributed by atoms with E-state index in [1.54, 1.807) is 6.20 Å². The highest BCUT2D eigenvalue weighted by atomic mass is 15.4. The molecular weight excluding hydrogens is 202 g/mol. The van der Waals surface area contributed by atoms with E-state index in [0.29, 0.717) is 5.92 Å². The first-order valence-electron chi connectivity index (χ1n) is 5.41. The molecule has 1 aliphatic heterocycles. The molecular formula is C11H13N5. The fraction of sp³-hybridized carbons (Fsp3) is 0.364. The molecule has 0 aromatic carbocycles. The van der Waals surface area contributed by atoms with Crippen LogP contribution in [0.25, 0.3) is 0 Å². The molecule has 3 heterocycles. The van der Waals surface area contributed by atoms with Crippen LogP contribution in [0.5, 0.6) is 0 Å². The Morgan fingerprint density at radius 3 is 2.62 bits per heavy atom. The Balaban J connectivity index is 1.96. The Bertz CT molecular complexity index is 435. The van der Waals surface area contributed by atoms with Crippen molar-refractivity contribution in [2.24, 2.45) is 5.92 Å². The van der Waals surface area contributed by atoms with Crippen molar-refractivity contribution in [1.82, 2.24) is 25.3 Å². The SMILES string of the molecule is c1cc(C(C2CNC2)n2ccnn2)ccn1. The summed E-state index contributed by atoms with van der Waals surface area (Å²) < 4.78 is 1.93. The lowest BCUT2D eigenvalue weighted by molar-refractivity contribution is 0.250. The van der Waals surface area contributed by atoms with E-state index in [9.17, 15) is 0 Å². The second-order valence-corrected chi connectivity index (χ2v) is 4.03. The zero-order valence-corrected chi connectivity index (χ0v) is 8.82. The minimum absolute atomic E-state index is 0.270. The van der Waals surface area contributed by atoms with Gasteiger partial charge in [0.05, 0.1) is 12.2 Å². The summed E-state index contributed by atoms with van der Waals surface area (Å²) in [7, 11) is 0. The lowest BCUT2D eigenvalue weighted by Crippen LogP contribution is -2.47. The number of nitrogens with zero attached hydrogens (tertiary/aromatic N) is 4. The van der Waals surface area contributed by atoms with Crippen molar-refractivity contribution in [3.63, 3.8) is 0 Å². The van der Waals surface area contributed by atoms with Gasteiger partial charge in [0.1, 0.15) is 0 Å². The molecule has 16 heavy (non-hydrogen) atoms. The lowest BCUT2D eigenvalue weighted by Gasteiger charge is -2.34. The van der Waals surface area contributed by atoms with Crippen LogP contribution < -0.4 is 5.32 Å². The number of aromatic nitrogens is 4. The van der Waals surface area contributed by atoms with Crippen LogP contribution in [0.4, 0.5) is 0 Å². The van der Waals surface area contributed by atoms with Gasteiger partial charge in [-0.15, -0.1) is 5.10 Å². The van der Waals surface area contributed by atoms with Gasteiger partial charge < -0.3 is 5.32 Å². The molecule has 0 amide bonds. The quantitative estimate of drug-likeness (QED) is 0.809. The van der Waals surface area contributed by atoms with Gasteiger partial charge in [-0.2, -0.15) is 0 Å². The first kappa shape index (κ1) is 9.47. The van der Waals surface area contributed by atoms with E-state index in [4.69, 9.17) is 0 Å². The fourth-order valence-corrected chi connectivity index (χ4v) is 2.10. The van der Waals surface area contributed by atoms with Crippen molar-refractivity contribution < 1.29 is 0 Å². The second-order valence-electron chi connectivity index (χ2n) is 4.03. The van der Waals surface area contributed by atoms with Crippen molar-refractivity contribution in [1.29, 1.82) is 0 Å². The molecule has 1 fully saturated rings. The molecule has 0 radical (unpaired) electrons. The Kier molecular flexibility index (Phi) is 2.38. The summed E-state index contributed by atoms with van der Waals surface area (Å²) in [6.45, 7) is 2.07. The molecule has 5 nitrogen and oxygen atoms in total. The van der Waals surface area contributed by atoms with E-state index in [1.165, 1.54) is 5.56 Å².